The summed E-state index contributed by atoms with van der Waals surface area (Å²) >= 11 is 4.03. The lowest BCUT2D eigenvalue weighted by molar-refractivity contribution is -0.0392. The molecular weight excluding hydrogens is 236 g/mol. The monoisotopic (exact) mass is 256 g/mol. The van der Waals surface area contributed by atoms with Gasteiger partial charge in [0.25, 0.3) is 0 Å². The Labute approximate surface area is 96.0 Å². The second kappa shape index (κ2) is 2.99. The molecule has 14 heavy (non-hydrogen) atoms. The van der Waals surface area contributed by atoms with Crippen LogP contribution < -0.4 is 0 Å². The van der Waals surface area contributed by atoms with Gasteiger partial charge in [-0.1, -0.05) is 29.8 Å². The highest BCUT2D eigenvalue weighted by Crippen LogP contribution is 2.62. The molecule has 4 bridgehead atoms. The van der Waals surface area contributed by atoms with Gasteiger partial charge in [-0.05, 0) is 61.7 Å². The van der Waals surface area contributed by atoms with Crippen LogP contribution in [0.3, 0.4) is 0 Å². The van der Waals surface area contributed by atoms with Crippen LogP contribution in [0.15, 0.2) is 0 Å². The van der Waals surface area contributed by atoms with Crippen LogP contribution in [0.25, 0.3) is 0 Å². The minimum atomic E-state index is 0.578. The smallest absolute Gasteiger partial charge is 0.0266 e. The van der Waals surface area contributed by atoms with Gasteiger partial charge >= 0.3 is 0 Å². The van der Waals surface area contributed by atoms with E-state index in [2.05, 4.69) is 29.8 Å². The van der Waals surface area contributed by atoms with Crippen molar-refractivity contribution in [1.29, 1.82) is 0 Å². The molecule has 2 atom stereocenters. The normalized spacial score (nSPS) is 55.7. The first-order chi connectivity index (χ1) is 6.57. The van der Waals surface area contributed by atoms with Gasteiger partial charge in [0, 0.05) is 4.32 Å². The lowest BCUT2D eigenvalue weighted by Crippen LogP contribution is -2.53. The van der Waals surface area contributed by atoms with Gasteiger partial charge in [0.2, 0.25) is 0 Å². The number of rotatable bonds is 1. The van der Waals surface area contributed by atoms with E-state index >= 15 is 0 Å². The molecule has 0 aromatic rings. The van der Waals surface area contributed by atoms with Crippen LogP contribution >= 0.6 is 15.9 Å². The van der Waals surface area contributed by atoms with Gasteiger partial charge in [0.05, 0.1) is 0 Å². The topological polar surface area (TPSA) is 0 Å². The zero-order chi connectivity index (χ0) is 9.92. The third kappa shape index (κ3) is 1.31. The van der Waals surface area contributed by atoms with Crippen molar-refractivity contribution >= 4 is 15.9 Å². The summed E-state index contributed by atoms with van der Waals surface area (Å²) in [4.78, 5) is 0. The fourth-order valence-electron chi connectivity index (χ4n) is 5.05. The van der Waals surface area contributed by atoms with Crippen LogP contribution in [0.2, 0.25) is 0 Å². The third-order valence-corrected chi connectivity index (χ3v) is 6.01. The van der Waals surface area contributed by atoms with Crippen molar-refractivity contribution in [3.05, 3.63) is 0 Å². The number of halogens is 1. The van der Waals surface area contributed by atoms with E-state index in [4.69, 9.17) is 0 Å². The summed E-state index contributed by atoms with van der Waals surface area (Å²) in [6.45, 7) is 4.88. The van der Waals surface area contributed by atoms with Gasteiger partial charge in [-0.2, -0.15) is 0 Å². The average molecular weight is 257 g/mol. The first-order valence-corrected chi connectivity index (χ1v) is 7.06. The van der Waals surface area contributed by atoms with Crippen LogP contribution in [0.4, 0.5) is 0 Å². The summed E-state index contributed by atoms with van der Waals surface area (Å²) in [5.74, 6) is 5.15. The Bertz CT molecular complexity index is 230. The molecule has 1 heteroatoms. The van der Waals surface area contributed by atoms with Gasteiger partial charge in [0.1, 0.15) is 0 Å². The van der Waals surface area contributed by atoms with E-state index in [0.29, 0.717) is 4.32 Å². The first kappa shape index (κ1) is 9.69. The van der Waals surface area contributed by atoms with Gasteiger partial charge in [0.15, 0.2) is 0 Å². The van der Waals surface area contributed by atoms with Crippen LogP contribution in [0.5, 0.6) is 0 Å². The maximum Gasteiger partial charge on any atom is 0.0266 e. The second-order valence-corrected chi connectivity index (χ2v) is 8.12. The van der Waals surface area contributed by atoms with E-state index in [0.717, 1.165) is 29.6 Å². The molecule has 0 heterocycles. The van der Waals surface area contributed by atoms with Gasteiger partial charge in [-0.25, -0.2) is 0 Å². The molecule has 80 valence electrons. The number of hydrogen-bond acceptors (Lipinski definition) is 0. The predicted octanol–water partition coefficient (Wildman–Crippen LogP) is 4.23. The summed E-state index contributed by atoms with van der Waals surface area (Å²) < 4.78 is 0.578. The van der Waals surface area contributed by atoms with E-state index in [1.54, 1.807) is 12.8 Å². The highest BCUT2D eigenvalue weighted by Gasteiger charge is 2.54. The van der Waals surface area contributed by atoms with Gasteiger partial charge < -0.3 is 0 Å². The molecule has 0 N–H and O–H groups in total. The van der Waals surface area contributed by atoms with Gasteiger partial charge in [-0.3, -0.25) is 0 Å². The summed E-state index contributed by atoms with van der Waals surface area (Å²) in [5.41, 5.74) is 0. The van der Waals surface area contributed by atoms with Crippen molar-refractivity contribution in [3.8, 4) is 0 Å². The van der Waals surface area contributed by atoms with Gasteiger partial charge in [-0.15, -0.1) is 0 Å². The minimum absolute atomic E-state index is 0.578. The summed E-state index contributed by atoms with van der Waals surface area (Å²) in [6, 6.07) is 0. The fourth-order valence-corrected chi connectivity index (χ4v) is 6.34. The molecule has 4 rings (SSSR count). The Morgan fingerprint density at radius 3 is 2.07 bits per heavy atom. The van der Waals surface area contributed by atoms with E-state index in [1.165, 1.54) is 19.3 Å². The first-order valence-electron chi connectivity index (χ1n) is 6.26. The third-order valence-electron chi connectivity index (χ3n) is 5.04. The van der Waals surface area contributed by atoms with E-state index in [1.807, 2.05) is 0 Å². The van der Waals surface area contributed by atoms with Crippen LogP contribution in [0.1, 0.15) is 46.0 Å². The molecule has 0 aromatic heterocycles. The Morgan fingerprint density at radius 1 is 1.07 bits per heavy atom. The van der Waals surface area contributed by atoms with Crippen LogP contribution in [0, 0.1) is 29.6 Å². The molecule has 2 unspecified atom stereocenters. The van der Waals surface area contributed by atoms with Crippen molar-refractivity contribution in [2.24, 2.45) is 29.6 Å². The molecule has 0 aliphatic heterocycles. The lowest BCUT2D eigenvalue weighted by Gasteiger charge is -2.59. The van der Waals surface area contributed by atoms with Crippen molar-refractivity contribution in [2.45, 2.75) is 50.3 Å². The Balaban J connectivity index is 1.89. The standard InChI is InChI=1S/C13H21Br/c1-8(2)12-10-3-9-4-11(12)7-13(14,5-9)6-10/h8-12H,3-7H2,1-2H3. The maximum absolute atomic E-state index is 4.03. The summed E-state index contributed by atoms with van der Waals surface area (Å²) in [7, 11) is 0. The molecule has 0 nitrogen and oxygen atoms in total. The van der Waals surface area contributed by atoms with Crippen molar-refractivity contribution in [2.75, 3.05) is 0 Å². The van der Waals surface area contributed by atoms with Crippen molar-refractivity contribution in [1.82, 2.24) is 0 Å². The predicted molar refractivity (Wildman–Crippen MR) is 63.5 cm³/mol. The largest absolute Gasteiger partial charge is 0.0853 e. The highest BCUT2D eigenvalue weighted by atomic mass is 79.9. The SMILES string of the molecule is CC(C)C1C2CC3CC1CC(Br)(C3)C2. The highest BCUT2D eigenvalue weighted by molar-refractivity contribution is 9.10. The molecule has 4 saturated carbocycles. The zero-order valence-corrected chi connectivity index (χ0v) is 10.9. The number of hydrogen-bond donors (Lipinski definition) is 0. The summed E-state index contributed by atoms with van der Waals surface area (Å²) in [5, 5.41) is 0. The lowest BCUT2D eigenvalue weighted by atomic mass is 9.50. The van der Waals surface area contributed by atoms with Crippen LogP contribution in [-0.4, -0.2) is 4.32 Å². The molecule has 4 aliphatic rings. The molecule has 0 saturated heterocycles. The molecule has 0 spiro atoms. The van der Waals surface area contributed by atoms with Crippen LogP contribution in [-0.2, 0) is 0 Å². The Kier molecular flexibility index (Phi) is 2.07. The van der Waals surface area contributed by atoms with Crippen molar-refractivity contribution < 1.29 is 0 Å². The zero-order valence-electron chi connectivity index (χ0n) is 9.30. The van der Waals surface area contributed by atoms with E-state index in [-0.39, 0.29) is 0 Å². The molecule has 4 fully saturated rings. The molecule has 0 aromatic carbocycles. The fraction of sp³-hybridized carbons (Fsp3) is 1.00. The molecule has 0 radical (unpaired) electrons. The minimum Gasteiger partial charge on any atom is -0.0853 e. The Hall–Kier alpha value is 0.480. The molecule has 4 aliphatic carbocycles. The quantitative estimate of drug-likeness (QED) is 0.616. The maximum atomic E-state index is 4.03. The van der Waals surface area contributed by atoms with Crippen molar-refractivity contribution in [3.63, 3.8) is 0 Å². The Morgan fingerprint density at radius 2 is 1.64 bits per heavy atom. The summed E-state index contributed by atoms with van der Waals surface area (Å²) in [6.07, 6.45) is 7.52. The van der Waals surface area contributed by atoms with E-state index in [9.17, 15) is 0 Å². The van der Waals surface area contributed by atoms with E-state index < -0.39 is 0 Å². The number of alkyl halides is 1. The average Bonchev–Trinajstić information content (AvgIpc) is 1.97. The second-order valence-electron chi connectivity index (χ2n) is 6.44. The molecular formula is C13H21Br. The molecule has 0 amide bonds.